The van der Waals surface area contributed by atoms with Gasteiger partial charge in [-0.2, -0.15) is 15.0 Å². The first-order valence-corrected chi connectivity index (χ1v) is 8.11. The normalized spacial score (nSPS) is 10.2. The summed E-state index contributed by atoms with van der Waals surface area (Å²) in [5, 5.41) is 6.27. The van der Waals surface area contributed by atoms with Crippen molar-refractivity contribution in [1.29, 1.82) is 0 Å². The number of hydrogen-bond donors (Lipinski definition) is 2. The molecule has 0 fully saturated rings. The highest BCUT2D eigenvalue weighted by molar-refractivity contribution is 5.52. The van der Waals surface area contributed by atoms with E-state index in [9.17, 15) is 0 Å². The first-order valence-electron chi connectivity index (χ1n) is 8.11. The Labute approximate surface area is 151 Å². The van der Waals surface area contributed by atoms with E-state index < -0.39 is 0 Å². The molecule has 2 heterocycles. The molecule has 0 aliphatic rings. The van der Waals surface area contributed by atoms with Gasteiger partial charge in [0.2, 0.25) is 11.9 Å². The molecule has 0 saturated heterocycles. The van der Waals surface area contributed by atoms with Crippen LogP contribution in [-0.2, 0) is 6.42 Å². The minimum Gasteiger partial charge on any atom is -0.497 e. The van der Waals surface area contributed by atoms with Crippen LogP contribution in [-0.4, -0.2) is 40.7 Å². The van der Waals surface area contributed by atoms with Gasteiger partial charge in [-0.3, -0.25) is 4.98 Å². The number of hydrogen-bond acceptors (Lipinski definition) is 8. The average molecular weight is 352 g/mol. The van der Waals surface area contributed by atoms with Gasteiger partial charge in [-0.1, -0.05) is 12.1 Å². The van der Waals surface area contributed by atoms with E-state index in [2.05, 4.69) is 30.6 Å². The van der Waals surface area contributed by atoms with E-state index in [0.29, 0.717) is 18.4 Å². The minimum absolute atomic E-state index is 0.235. The van der Waals surface area contributed by atoms with Gasteiger partial charge >= 0.3 is 6.01 Å². The van der Waals surface area contributed by atoms with Gasteiger partial charge in [0.25, 0.3) is 0 Å². The standard InChI is InChI=1S/C18H20N6O2/c1-25-15-7-5-13(6-8-15)9-11-20-16-22-17(24-18(23-16)26-2)21-14-4-3-10-19-12-14/h3-8,10,12H,9,11H2,1-2H3,(H2,20,21,22,23,24). The molecule has 3 rings (SSSR count). The van der Waals surface area contributed by atoms with Gasteiger partial charge in [0.05, 0.1) is 26.1 Å². The van der Waals surface area contributed by atoms with E-state index >= 15 is 0 Å². The van der Waals surface area contributed by atoms with E-state index in [0.717, 1.165) is 17.9 Å². The second-order valence-corrected chi connectivity index (χ2v) is 5.36. The lowest BCUT2D eigenvalue weighted by atomic mass is 10.1. The van der Waals surface area contributed by atoms with Gasteiger partial charge in [-0.15, -0.1) is 0 Å². The third-order valence-corrected chi connectivity index (χ3v) is 3.57. The highest BCUT2D eigenvalue weighted by atomic mass is 16.5. The summed E-state index contributed by atoms with van der Waals surface area (Å²) in [6.07, 6.45) is 4.21. The van der Waals surface area contributed by atoms with Crippen molar-refractivity contribution >= 4 is 17.6 Å². The topological polar surface area (TPSA) is 94.1 Å². The fraction of sp³-hybridized carbons (Fsp3) is 0.222. The van der Waals surface area contributed by atoms with Gasteiger partial charge in [-0.05, 0) is 36.2 Å². The summed E-state index contributed by atoms with van der Waals surface area (Å²) in [4.78, 5) is 16.8. The molecule has 0 aliphatic heterocycles. The molecule has 134 valence electrons. The predicted octanol–water partition coefficient (Wildman–Crippen LogP) is 2.68. The number of nitrogens with zero attached hydrogens (tertiary/aromatic N) is 4. The minimum atomic E-state index is 0.235. The molecule has 2 aromatic heterocycles. The maximum atomic E-state index is 5.16. The molecule has 0 aliphatic carbocycles. The Balaban J connectivity index is 1.63. The third-order valence-electron chi connectivity index (χ3n) is 3.57. The second-order valence-electron chi connectivity index (χ2n) is 5.36. The monoisotopic (exact) mass is 352 g/mol. The van der Waals surface area contributed by atoms with Gasteiger partial charge in [-0.25, -0.2) is 0 Å². The maximum Gasteiger partial charge on any atom is 0.322 e. The Hall–Kier alpha value is -3.42. The quantitative estimate of drug-likeness (QED) is 0.639. The van der Waals surface area contributed by atoms with Crippen molar-refractivity contribution in [3.63, 3.8) is 0 Å². The van der Waals surface area contributed by atoms with Crippen molar-refractivity contribution in [2.45, 2.75) is 6.42 Å². The van der Waals surface area contributed by atoms with Crippen LogP contribution in [0, 0.1) is 0 Å². The lowest BCUT2D eigenvalue weighted by Crippen LogP contribution is -2.11. The van der Waals surface area contributed by atoms with Crippen LogP contribution in [0.15, 0.2) is 48.8 Å². The highest BCUT2D eigenvalue weighted by Crippen LogP contribution is 2.16. The average Bonchev–Trinajstić information content (AvgIpc) is 2.69. The molecular weight excluding hydrogens is 332 g/mol. The summed E-state index contributed by atoms with van der Waals surface area (Å²) in [5.41, 5.74) is 1.97. The number of aromatic nitrogens is 4. The number of benzene rings is 1. The fourth-order valence-electron chi connectivity index (χ4n) is 2.26. The Bertz CT molecular complexity index is 827. The number of nitrogens with one attached hydrogen (secondary N) is 2. The van der Waals surface area contributed by atoms with Gasteiger partial charge in [0.15, 0.2) is 0 Å². The van der Waals surface area contributed by atoms with Crippen LogP contribution in [0.4, 0.5) is 17.6 Å². The van der Waals surface area contributed by atoms with Gasteiger partial charge in [0, 0.05) is 12.7 Å². The van der Waals surface area contributed by atoms with Crippen LogP contribution in [0.25, 0.3) is 0 Å². The molecule has 0 unspecified atom stereocenters. The van der Waals surface area contributed by atoms with E-state index in [-0.39, 0.29) is 6.01 Å². The number of anilines is 3. The summed E-state index contributed by atoms with van der Waals surface area (Å²) < 4.78 is 10.3. The Morgan fingerprint density at radius 3 is 2.42 bits per heavy atom. The molecule has 0 saturated carbocycles. The van der Waals surface area contributed by atoms with Crippen LogP contribution >= 0.6 is 0 Å². The number of ether oxygens (including phenoxy) is 2. The van der Waals surface area contributed by atoms with Crippen molar-refractivity contribution in [3.05, 3.63) is 54.4 Å². The molecule has 0 amide bonds. The number of methoxy groups -OCH3 is 2. The molecule has 8 heteroatoms. The zero-order valence-electron chi connectivity index (χ0n) is 14.6. The highest BCUT2D eigenvalue weighted by Gasteiger charge is 2.07. The summed E-state index contributed by atoms with van der Waals surface area (Å²) in [7, 11) is 3.17. The molecule has 2 N–H and O–H groups in total. The molecule has 0 spiro atoms. The van der Waals surface area contributed by atoms with E-state index in [1.807, 2.05) is 36.4 Å². The summed E-state index contributed by atoms with van der Waals surface area (Å²) >= 11 is 0. The van der Waals surface area contributed by atoms with Crippen LogP contribution < -0.4 is 20.1 Å². The van der Waals surface area contributed by atoms with E-state index in [1.54, 1.807) is 19.5 Å². The van der Waals surface area contributed by atoms with Crippen molar-refractivity contribution in [3.8, 4) is 11.8 Å². The molecule has 0 atom stereocenters. The fourth-order valence-corrected chi connectivity index (χ4v) is 2.26. The van der Waals surface area contributed by atoms with Crippen molar-refractivity contribution in [2.75, 3.05) is 31.4 Å². The zero-order valence-corrected chi connectivity index (χ0v) is 14.6. The largest absolute Gasteiger partial charge is 0.497 e. The van der Waals surface area contributed by atoms with Crippen LogP contribution in [0.2, 0.25) is 0 Å². The third kappa shape index (κ3) is 4.79. The molecule has 8 nitrogen and oxygen atoms in total. The Morgan fingerprint density at radius 1 is 0.923 bits per heavy atom. The zero-order chi connectivity index (χ0) is 18.2. The molecule has 3 aromatic rings. The molecule has 0 bridgehead atoms. The number of pyridine rings is 1. The Kier molecular flexibility index (Phi) is 5.76. The van der Waals surface area contributed by atoms with E-state index in [1.165, 1.54) is 12.7 Å². The lowest BCUT2D eigenvalue weighted by molar-refractivity contribution is 0.379. The van der Waals surface area contributed by atoms with Crippen molar-refractivity contribution < 1.29 is 9.47 Å². The number of rotatable bonds is 8. The molecule has 1 aromatic carbocycles. The van der Waals surface area contributed by atoms with Crippen LogP contribution in [0.3, 0.4) is 0 Å². The van der Waals surface area contributed by atoms with Crippen LogP contribution in [0.1, 0.15) is 5.56 Å². The first-order chi connectivity index (χ1) is 12.8. The lowest BCUT2D eigenvalue weighted by Gasteiger charge is -2.09. The van der Waals surface area contributed by atoms with Crippen LogP contribution in [0.5, 0.6) is 11.8 Å². The Morgan fingerprint density at radius 2 is 1.73 bits per heavy atom. The van der Waals surface area contributed by atoms with Crippen molar-refractivity contribution in [1.82, 2.24) is 19.9 Å². The summed E-state index contributed by atoms with van der Waals surface area (Å²) in [6, 6.07) is 11.9. The second kappa shape index (κ2) is 8.61. The first kappa shape index (κ1) is 17.4. The maximum absolute atomic E-state index is 5.16. The molecule has 0 radical (unpaired) electrons. The summed E-state index contributed by atoms with van der Waals surface area (Å²) in [6.45, 7) is 0.672. The predicted molar refractivity (Wildman–Crippen MR) is 99.1 cm³/mol. The summed E-state index contributed by atoms with van der Waals surface area (Å²) in [5.74, 6) is 1.67. The smallest absolute Gasteiger partial charge is 0.322 e. The van der Waals surface area contributed by atoms with Gasteiger partial charge in [0.1, 0.15) is 5.75 Å². The van der Waals surface area contributed by atoms with Gasteiger partial charge < -0.3 is 20.1 Å². The van der Waals surface area contributed by atoms with E-state index in [4.69, 9.17) is 9.47 Å². The SMILES string of the molecule is COc1ccc(CCNc2nc(Nc3cccnc3)nc(OC)n2)cc1. The molecule has 26 heavy (non-hydrogen) atoms. The van der Waals surface area contributed by atoms with Crippen molar-refractivity contribution in [2.24, 2.45) is 0 Å². The molecular formula is C18H20N6O2.